The lowest BCUT2D eigenvalue weighted by atomic mass is 9.93. The van der Waals surface area contributed by atoms with E-state index in [-0.39, 0.29) is 5.91 Å². The first-order valence-corrected chi connectivity index (χ1v) is 13.6. The van der Waals surface area contributed by atoms with E-state index in [9.17, 15) is 9.59 Å². The van der Waals surface area contributed by atoms with E-state index in [4.69, 9.17) is 28.9 Å². The number of piperazine rings is 1. The van der Waals surface area contributed by atoms with Gasteiger partial charge in [0.25, 0.3) is 5.91 Å². The number of primary amides is 1. The Hall–Kier alpha value is -3.71. The van der Waals surface area contributed by atoms with Crippen molar-refractivity contribution in [2.75, 3.05) is 26.2 Å². The highest BCUT2D eigenvalue weighted by molar-refractivity contribution is 6.42. The predicted octanol–water partition coefficient (Wildman–Crippen LogP) is 5.68. The average molecular weight is 557 g/mol. The van der Waals surface area contributed by atoms with Gasteiger partial charge < -0.3 is 10.6 Å². The van der Waals surface area contributed by atoms with Crippen molar-refractivity contribution in [1.82, 2.24) is 14.8 Å². The van der Waals surface area contributed by atoms with Gasteiger partial charge in [-0.3, -0.25) is 19.5 Å². The highest BCUT2D eigenvalue weighted by Crippen LogP contribution is 2.42. The summed E-state index contributed by atoms with van der Waals surface area (Å²) in [5, 5.41) is 0.895. The first-order chi connectivity index (χ1) is 18.9. The monoisotopic (exact) mass is 556 g/mol. The minimum absolute atomic E-state index is 0.0134. The lowest BCUT2D eigenvalue weighted by molar-refractivity contribution is 0.0627. The van der Waals surface area contributed by atoms with E-state index in [2.05, 4.69) is 9.88 Å². The molecule has 3 aromatic carbocycles. The number of halogens is 2. The van der Waals surface area contributed by atoms with Crippen LogP contribution in [0.4, 0.5) is 0 Å². The molecule has 8 heteroatoms. The van der Waals surface area contributed by atoms with Gasteiger partial charge in [0.05, 0.1) is 15.7 Å². The number of nitrogens with zero attached hydrogens (tertiary/aromatic N) is 3. The molecule has 39 heavy (non-hydrogen) atoms. The topological polar surface area (TPSA) is 79.5 Å². The number of fused-ring (bicyclic) bond motifs is 3. The Kier molecular flexibility index (Phi) is 6.85. The standard InChI is InChI=1S/C31H26Cl2N4O2/c32-28-7-6-19(17-29(28)33)22-15-25-24-14-21(5-4-20(24)13-26(25)27(16-22)30(34)38)31(39)37-11-9-36(10-12-37)18-23-3-1-2-8-35-23/h1-8,14-17H,9-13,18H2,(H2,34,38). The van der Waals surface area contributed by atoms with Crippen LogP contribution in [0.25, 0.3) is 22.3 Å². The molecule has 2 amide bonds. The molecule has 1 saturated heterocycles. The van der Waals surface area contributed by atoms with Crippen molar-refractivity contribution < 1.29 is 9.59 Å². The minimum atomic E-state index is -0.485. The summed E-state index contributed by atoms with van der Waals surface area (Å²) >= 11 is 12.4. The molecule has 0 unspecified atom stereocenters. The van der Waals surface area contributed by atoms with Gasteiger partial charge in [0.2, 0.25) is 5.91 Å². The number of aromatic nitrogens is 1. The maximum atomic E-state index is 13.5. The molecule has 2 heterocycles. The van der Waals surface area contributed by atoms with E-state index in [0.717, 1.165) is 58.7 Å². The molecule has 0 radical (unpaired) electrons. The van der Waals surface area contributed by atoms with E-state index in [1.54, 1.807) is 18.3 Å². The van der Waals surface area contributed by atoms with Crippen molar-refractivity contribution in [2.45, 2.75) is 13.0 Å². The first-order valence-electron chi connectivity index (χ1n) is 12.8. The number of pyridine rings is 1. The molecule has 6 nitrogen and oxygen atoms in total. The van der Waals surface area contributed by atoms with Crippen LogP contribution in [-0.4, -0.2) is 52.8 Å². The van der Waals surface area contributed by atoms with E-state index in [0.29, 0.717) is 40.7 Å². The van der Waals surface area contributed by atoms with E-state index >= 15 is 0 Å². The average Bonchev–Trinajstić information content (AvgIpc) is 3.32. The summed E-state index contributed by atoms with van der Waals surface area (Å²) in [7, 11) is 0. The molecule has 1 aromatic heterocycles. The fraction of sp³-hybridized carbons (Fsp3) is 0.194. The van der Waals surface area contributed by atoms with Crippen LogP contribution in [0.2, 0.25) is 10.0 Å². The second-order valence-corrected chi connectivity index (χ2v) is 10.8. The smallest absolute Gasteiger partial charge is 0.253 e. The summed E-state index contributed by atoms with van der Waals surface area (Å²) in [5.74, 6) is -0.472. The molecule has 2 N–H and O–H groups in total. The van der Waals surface area contributed by atoms with Crippen LogP contribution in [0.5, 0.6) is 0 Å². The molecule has 0 spiro atoms. The SMILES string of the molecule is NC(=O)c1cc(-c2ccc(Cl)c(Cl)c2)cc2c1Cc1ccc(C(=O)N3CCN(Cc4ccccn4)CC3)cc1-2. The summed E-state index contributed by atoms with van der Waals surface area (Å²) in [6.45, 7) is 3.69. The van der Waals surface area contributed by atoms with Crippen LogP contribution in [0.15, 0.2) is 72.9 Å². The number of hydrogen-bond donors (Lipinski definition) is 1. The molecule has 1 aliphatic heterocycles. The maximum absolute atomic E-state index is 13.5. The van der Waals surface area contributed by atoms with Crippen molar-refractivity contribution in [2.24, 2.45) is 5.73 Å². The quantitative estimate of drug-likeness (QED) is 0.302. The van der Waals surface area contributed by atoms with Crippen molar-refractivity contribution >= 4 is 35.0 Å². The van der Waals surface area contributed by atoms with Gasteiger partial charge in [-0.25, -0.2) is 0 Å². The third-order valence-corrected chi connectivity index (χ3v) is 8.29. The van der Waals surface area contributed by atoms with Crippen LogP contribution in [0.1, 0.15) is 37.5 Å². The van der Waals surface area contributed by atoms with Gasteiger partial charge in [-0.2, -0.15) is 0 Å². The fourth-order valence-corrected chi connectivity index (χ4v) is 5.78. The molecular weight excluding hydrogens is 531 g/mol. The van der Waals surface area contributed by atoms with Gasteiger partial charge >= 0.3 is 0 Å². The summed E-state index contributed by atoms with van der Waals surface area (Å²) in [6, 6.07) is 21.0. The van der Waals surface area contributed by atoms with Gasteiger partial charge in [0.1, 0.15) is 0 Å². The normalized spacial score (nSPS) is 14.7. The van der Waals surface area contributed by atoms with Crippen LogP contribution >= 0.6 is 23.2 Å². The van der Waals surface area contributed by atoms with E-state index in [1.807, 2.05) is 59.5 Å². The summed E-state index contributed by atoms with van der Waals surface area (Å²) < 4.78 is 0. The molecular formula is C31H26Cl2N4O2. The number of carbonyl (C=O) groups excluding carboxylic acids is 2. The molecule has 2 aliphatic rings. The van der Waals surface area contributed by atoms with Crippen LogP contribution < -0.4 is 5.73 Å². The number of rotatable bonds is 5. The molecule has 6 rings (SSSR count). The van der Waals surface area contributed by atoms with Crippen LogP contribution in [0.3, 0.4) is 0 Å². The van der Waals surface area contributed by atoms with Gasteiger partial charge in [-0.1, -0.05) is 41.4 Å². The molecule has 196 valence electrons. The van der Waals surface area contributed by atoms with Crippen molar-refractivity contribution in [3.63, 3.8) is 0 Å². The summed E-state index contributed by atoms with van der Waals surface area (Å²) in [5.41, 5.74) is 13.4. The zero-order valence-electron chi connectivity index (χ0n) is 21.2. The Morgan fingerprint density at radius 2 is 1.67 bits per heavy atom. The third-order valence-electron chi connectivity index (χ3n) is 7.55. The number of benzene rings is 3. The zero-order chi connectivity index (χ0) is 27.1. The van der Waals surface area contributed by atoms with E-state index < -0.39 is 5.91 Å². The Labute approximate surface area is 237 Å². The van der Waals surface area contributed by atoms with Crippen LogP contribution in [-0.2, 0) is 13.0 Å². The van der Waals surface area contributed by atoms with E-state index in [1.165, 1.54) is 0 Å². The molecule has 0 bridgehead atoms. The summed E-state index contributed by atoms with van der Waals surface area (Å²) in [4.78, 5) is 34.6. The van der Waals surface area contributed by atoms with Gasteiger partial charge in [0, 0.05) is 50.0 Å². The molecule has 0 atom stereocenters. The van der Waals surface area contributed by atoms with Gasteiger partial charge in [-0.05, 0) is 88.3 Å². The maximum Gasteiger partial charge on any atom is 0.253 e. The number of nitrogens with two attached hydrogens (primary N) is 1. The molecule has 4 aromatic rings. The molecule has 1 aliphatic carbocycles. The highest BCUT2D eigenvalue weighted by Gasteiger charge is 2.28. The number of carbonyl (C=O) groups is 2. The Bertz CT molecular complexity index is 1600. The fourth-order valence-electron chi connectivity index (χ4n) is 5.48. The molecule has 1 fully saturated rings. The lowest BCUT2D eigenvalue weighted by Crippen LogP contribution is -2.48. The summed E-state index contributed by atoms with van der Waals surface area (Å²) in [6.07, 6.45) is 2.40. The Morgan fingerprint density at radius 3 is 2.38 bits per heavy atom. The highest BCUT2D eigenvalue weighted by atomic mass is 35.5. The van der Waals surface area contributed by atoms with Crippen molar-refractivity contribution in [3.05, 3.63) is 111 Å². The Morgan fingerprint density at radius 1 is 0.846 bits per heavy atom. The largest absolute Gasteiger partial charge is 0.366 e. The minimum Gasteiger partial charge on any atom is -0.366 e. The lowest BCUT2D eigenvalue weighted by Gasteiger charge is -2.34. The zero-order valence-corrected chi connectivity index (χ0v) is 22.7. The number of hydrogen-bond acceptors (Lipinski definition) is 4. The van der Waals surface area contributed by atoms with Crippen molar-refractivity contribution in [3.8, 4) is 22.3 Å². The van der Waals surface area contributed by atoms with Crippen LogP contribution in [0, 0.1) is 0 Å². The number of amides is 2. The van der Waals surface area contributed by atoms with Gasteiger partial charge in [-0.15, -0.1) is 0 Å². The third kappa shape index (κ3) is 5.03. The van der Waals surface area contributed by atoms with Gasteiger partial charge in [0.15, 0.2) is 0 Å². The molecule has 0 saturated carbocycles. The Balaban J connectivity index is 1.27. The predicted molar refractivity (Wildman–Crippen MR) is 154 cm³/mol. The van der Waals surface area contributed by atoms with Crippen molar-refractivity contribution in [1.29, 1.82) is 0 Å². The second-order valence-electron chi connectivity index (χ2n) is 9.98. The first kappa shape index (κ1) is 25.6. The second kappa shape index (κ2) is 10.5.